The van der Waals surface area contributed by atoms with E-state index >= 15 is 0 Å². The lowest BCUT2D eigenvalue weighted by Crippen LogP contribution is -2.51. The number of hydrogen-bond donors (Lipinski definition) is 1. The summed E-state index contributed by atoms with van der Waals surface area (Å²) in [5.74, 6) is 0.821. The van der Waals surface area contributed by atoms with E-state index in [1.54, 1.807) is 24.1 Å². The fraction of sp³-hybridized carbons (Fsp3) is 0.212. The number of rotatable bonds is 12. The second kappa shape index (κ2) is 13.8. The van der Waals surface area contributed by atoms with Crippen molar-refractivity contribution in [2.75, 3.05) is 13.7 Å². The molecule has 200 valence electrons. The van der Waals surface area contributed by atoms with E-state index in [0.717, 1.165) is 28.0 Å². The van der Waals surface area contributed by atoms with Crippen molar-refractivity contribution in [2.24, 2.45) is 0 Å². The van der Waals surface area contributed by atoms with Gasteiger partial charge in [-0.1, -0.05) is 90.5 Å². The van der Waals surface area contributed by atoms with Crippen LogP contribution < -0.4 is 14.8 Å². The molecule has 4 aromatic carbocycles. The van der Waals surface area contributed by atoms with Crippen LogP contribution in [0, 0.1) is 6.92 Å². The maximum absolute atomic E-state index is 13.7. The number of amides is 2. The van der Waals surface area contributed by atoms with Gasteiger partial charge < -0.3 is 19.7 Å². The third-order valence-corrected chi connectivity index (χ3v) is 6.48. The molecule has 0 bridgehead atoms. The summed E-state index contributed by atoms with van der Waals surface area (Å²) in [4.78, 5) is 29.0. The largest absolute Gasteiger partial charge is 0.497 e. The van der Waals surface area contributed by atoms with Gasteiger partial charge in [0.1, 0.15) is 17.5 Å². The van der Waals surface area contributed by atoms with E-state index in [9.17, 15) is 9.59 Å². The van der Waals surface area contributed by atoms with Gasteiger partial charge in [-0.15, -0.1) is 0 Å². The van der Waals surface area contributed by atoms with Gasteiger partial charge in [-0.3, -0.25) is 9.59 Å². The molecule has 6 heteroatoms. The van der Waals surface area contributed by atoms with Gasteiger partial charge in [0, 0.05) is 19.5 Å². The monoisotopic (exact) mass is 522 g/mol. The van der Waals surface area contributed by atoms with Gasteiger partial charge in [0.25, 0.3) is 5.91 Å². The summed E-state index contributed by atoms with van der Waals surface area (Å²) >= 11 is 0. The third-order valence-electron chi connectivity index (χ3n) is 6.48. The van der Waals surface area contributed by atoms with Crippen molar-refractivity contribution in [3.8, 4) is 11.5 Å². The normalized spacial score (nSPS) is 11.3. The molecule has 39 heavy (non-hydrogen) atoms. The Kier molecular flexibility index (Phi) is 9.73. The zero-order chi connectivity index (χ0) is 27.5. The first-order valence-electron chi connectivity index (χ1n) is 13.0. The average Bonchev–Trinajstić information content (AvgIpc) is 2.98. The Morgan fingerprint density at radius 1 is 0.744 bits per heavy atom. The topological polar surface area (TPSA) is 67.9 Å². The predicted molar refractivity (Wildman–Crippen MR) is 152 cm³/mol. The van der Waals surface area contributed by atoms with Crippen molar-refractivity contribution in [2.45, 2.75) is 32.5 Å². The molecular weight excluding hydrogens is 488 g/mol. The zero-order valence-corrected chi connectivity index (χ0v) is 22.4. The molecule has 0 aliphatic heterocycles. The Labute approximate surface area is 230 Å². The first-order chi connectivity index (χ1) is 19.0. The molecule has 4 rings (SSSR count). The molecule has 1 unspecified atom stereocenters. The van der Waals surface area contributed by atoms with Crippen LogP contribution in [-0.4, -0.2) is 36.5 Å². The van der Waals surface area contributed by atoms with Gasteiger partial charge in [-0.05, 0) is 47.9 Å². The average molecular weight is 523 g/mol. The number of nitrogens with one attached hydrogen (secondary N) is 1. The maximum atomic E-state index is 13.7. The summed E-state index contributed by atoms with van der Waals surface area (Å²) in [6.07, 6.45) is 0.369. The molecule has 0 saturated heterocycles. The number of hydrogen-bond acceptors (Lipinski definition) is 4. The minimum Gasteiger partial charge on any atom is -0.497 e. The van der Waals surface area contributed by atoms with Crippen molar-refractivity contribution in [1.82, 2.24) is 10.2 Å². The molecule has 0 aromatic heterocycles. The van der Waals surface area contributed by atoms with E-state index in [0.29, 0.717) is 18.7 Å². The zero-order valence-electron chi connectivity index (χ0n) is 22.4. The van der Waals surface area contributed by atoms with E-state index in [4.69, 9.17) is 9.47 Å². The number of nitrogens with zero attached hydrogens (tertiary/aromatic N) is 1. The highest BCUT2D eigenvalue weighted by Crippen LogP contribution is 2.18. The van der Waals surface area contributed by atoms with Gasteiger partial charge in [-0.25, -0.2) is 0 Å². The highest BCUT2D eigenvalue weighted by Gasteiger charge is 2.30. The summed E-state index contributed by atoms with van der Waals surface area (Å²) in [5, 5.41) is 3.06. The summed E-state index contributed by atoms with van der Waals surface area (Å²) in [5.41, 5.74) is 3.99. The van der Waals surface area contributed by atoms with E-state index in [-0.39, 0.29) is 25.0 Å². The molecule has 0 radical (unpaired) electrons. The second-order valence-corrected chi connectivity index (χ2v) is 9.38. The standard InChI is InChI=1S/C33H34N2O4/c1-25-13-15-27(16-14-25)22-34-33(37)31(21-26-9-5-3-6-10-26)35(23-28-17-19-29(38-2)20-18-28)32(36)24-39-30-11-7-4-8-12-30/h3-20,31H,21-24H2,1-2H3,(H,34,37). The lowest BCUT2D eigenvalue weighted by atomic mass is 10.0. The smallest absolute Gasteiger partial charge is 0.261 e. The third kappa shape index (κ3) is 8.20. The number of carbonyl (C=O) groups excluding carboxylic acids is 2. The molecular formula is C33H34N2O4. The highest BCUT2D eigenvalue weighted by atomic mass is 16.5. The molecule has 1 atom stereocenters. The summed E-state index contributed by atoms with van der Waals surface area (Å²) in [7, 11) is 1.61. The number of benzene rings is 4. The number of aryl methyl sites for hydroxylation is 1. The van der Waals surface area contributed by atoms with Gasteiger partial charge >= 0.3 is 0 Å². The van der Waals surface area contributed by atoms with E-state index in [2.05, 4.69) is 5.32 Å². The summed E-state index contributed by atoms with van der Waals surface area (Å²) < 4.78 is 11.1. The first-order valence-corrected chi connectivity index (χ1v) is 13.0. The minimum absolute atomic E-state index is 0.184. The van der Waals surface area contributed by atoms with Gasteiger partial charge in [0.2, 0.25) is 5.91 Å². The lowest BCUT2D eigenvalue weighted by molar-refractivity contribution is -0.142. The lowest BCUT2D eigenvalue weighted by Gasteiger charge is -2.31. The van der Waals surface area contributed by atoms with Crippen molar-refractivity contribution in [1.29, 1.82) is 0 Å². The van der Waals surface area contributed by atoms with Crippen LogP contribution in [0.15, 0.2) is 109 Å². The fourth-order valence-electron chi connectivity index (χ4n) is 4.24. The van der Waals surface area contributed by atoms with Gasteiger partial charge in [0.05, 0.1) is 7.11 Å². The second-order valence-electron chi connectivity index (χ2n) is 9.38. The molecule has 0 heterocycles. The summed E-state index contributed by atoms with van der Waals surface area (Å²) in [6.45, 7) is 2.46. The van der Waals surface area contributed by atoms with Crippen molar-refractivity contribution in [3.05, 3.63) is 131 Å². The van der Waals surface area contributed by atoms with Crippen LogP contribution in [0.5, 0.6) is 11.5 Å². The van der Waals surface area contributed by atoms with Crippen LogP contribution in [-0.2, 0) is 29.1 Å². The van der Waals surface area contributed by atoms with Crippen LogP contribution in [0.4, 0.5) is 0 Å². The Morgan fingerprint density at radius 2 is 1.36 bits per heavy atom. The number of ether oxygens (including phenoxy) is 2. The molecule has 0 aliphatic rings. The molecule has 2 amide bonds. The molecule has 6 nitrogen and oxygen atoms in total. The Hall–Kier alpha value is -4.58. The van der Waals surface area contributed by atoms with Gasteiger partial charge in [0.15, 0.2) is 6.61 Å². The Balaban J connectivity index is 1.60. The van der Waals surface area contributed by atoms with E-state index in [1.165, 1.54) is 0 Å². The SMILES string of the molecule is COc1ccc(CN(C(=O)COc2ccccc2)C(Cc2ccccc2)C(=O)NCc2ccc(C)cc2)cc1. The molecule has 4 aromatic rings. The Bertz CT molecular complexity index is 1320. The van der Waals surface area contributed by atoms with Crippen molar-refractivity contribution >= 4 is 11.8 Å². The molecule has 0 aliphatic carbocycles. The maximum Gasteiger partial charge on any atom is 0.261 e. The van der Waals surface area contributed by atoms with Crippen molar-refractivity contribution < 1.29 is 19.1 Å². The number of methoxy groups -OCH3 is 1. The molecule has 0 saturated carbocycles. The van der Waals surface area contributed by atoms with E-state index in [1.807, 2.05) is 104 Å². The van der Waals surface area contributed by atoms with Gasteiger partial charge in [-0.2, -0.15) is 0 Å². The van der Waals surface area contributed by atoms with E-state index < -0.39 is 6.04 Å². The van der Waals surface area contributed by atoms with Crippen LogP contribution in [0.1, 0.15) is 22.3 Å². The minimum atomic E-state index is -0.744. The van der Waals surface area contributed by atoms with Crippen molar-refractivity contribution in [3.63, 3.8) is 0 Å². The van der Waals surface area contributed by atoms with Crippen LogP contribution in [0.3, 0.4) is 0 Å². The van der Waals surface area contributed by atoms with Crippen LogP contribution >= 0.6 is 0 Å². The molecule has 1 N–H and O–H groups in total. The van der Waals surface area contributed by atoms with Crippen LogP contribution in [0.2, 0.25) is 0 Å². The fourth-order valence-corrected chi connectivity index (χ4v) is 4.24. The molecule has 0 spiro atoms. The Morgan fingerprint density at radius 3 is 2.00 bits per heavy atom. The quantitative estimate of drug-likeness (QED) is 0.273. The predicted octanol–water partition coefficient (Wildman–Crippen LogP) is 5.34. The summed E-state index contributed by atoms with van der Waals surface area (Å²) in [6, 6.07) is 33.7. The number of carbonyl (C=O) groups is 2. The molecule has 0 fully saturated rings. The number of para-hydroxylation sites is 1. The highest BCUT2D eigenvalue weighted by molar-refractivity contribution is 5.88. The van der Waals surface area contributed by atoms with Crippen LogP contribution in [0.25, 0.3) is 0 Å². The first kappa shape index (κ1) is 27.5.